The van der Waals surface area contributed by atoms with Crippen molar-refractivity contribution in [3.05, 3.63) is 69.8 Å². The summed E-state index contributed by atoms with van der Waals surface area (Å²) in [6.07, 6.45) is 1.39. The largest absolute Gasteiger partial charge is 0.298 e. The van der Waals surface area contributed by atoms with Crippen molar-refractivity contribution >= 4 is 46.3 Å². The Morgan fingerprint density at radius 2 is 1.73 bits per heavy atom. The van der Waals surface area contributed by atoms with Gasteiger partial charge < -0.3 is 0 Å². The molecular weight excluding hydrogens is 325 g/mol. The van der Waals surface area contributed by atoms with Gasteiger partial charge in [0.05, 0.1) is 10.6 Å². The van der Waals surface area contributed by atoms with E-state index in [-0.39, 0.29) is 10.5 Å². The van der Waals surface area contributed by atoms with E-state index in [1.807, 2.05) is 0 Å². The minimum atomic E-state index is -0.472. The highest BCUT2D eigenvalue weighted by molar-refractivity contribution is 8.19. The lowest BCUT2D eigenvalue weighted by Crippen LogP contribution is -2.27. The normalized spacial score (nSPS) is 16.6. The predicted octanol–water partition coefficient (Wildman–Crippen LogP) is 4.72. The molecule has 2 aromatic rings. The fourth-order valence-electron chi connectivity index (χ4n) is 2.01. The molecule has 3 rings (SSSR count). The van der Waals surface area contributed by atoms with Crippen LogP contribution in [0.5, 0.6) is 0 Å². The van der Waals surface area contributed by atoms with Gasteiger partial charge in [-0.3, -0.25) is 9.59 Å². The first-order valence-electron chi connectivity index (χ1n) is 6.34. The van der Waals surface area contributed by atoms with E-state index in [0.29, 0.717) is 10.7 Å². The average Bonchev–Trinajstić information content (AvgIpc) is 2.77. The topological polar surface area (TPSA) is 37.4 Å². The fraction of sp³-hybridized carbons (Fsp3) is 0. The molecule has 110 valence electrons. The molecule has 1 saturated heterocycles. The fourth-order valence-corrected chi connectivity index (χ4v) is 2.97. The van der Waals surface area contributed by atoms with Crippen LogP contribution in [0.3, 0.4) is 0 Å². The molecule has 6 heteroatoms. The molecule has 1 aliphatic heterocycles. The lowest BCUT2D eigenvalue weighted by molar-refractivity contribution is -0.113. The van der Waals surface area contributed by atoms with Crippen LogP contribution in [0.25, 0.3) is 6.08 Å². The van der Waals surface area contributed by atoms with Crippen molar-refractivity contribution < 1.29 is 14.0 Å². The van der Waals surface area contributed by atoms with Crippen LogP contribution in [0.15, 0.2) is 53.4 Å². The number of anilines is 1. The molecule has 22 heavy (non-hydrogen) atoms. The quantitative estimate of drug-likeness (QED) is 0.746. The SMILES string of the molecule is O=C1S/C(=C\c2ccccc2F)C(=O)N1c1ccc(Cl)cc1. The predicted molar refractivity (Wildman–Crippen MR) is 86.3 cm³/mol. The highest BCUT2D eigenvalue weighted by Gasteiger charge is 2.36. The third-order valence-electron chi connectivity index (χ3n) is 3.07. The molecule has 2 amide bonds. The van der Waals surface area contributed by atoms with Crippen LogP contribution in [0, 0.1) is 5.82 Å². The number of hydrogen-bond donors (Lipinski definition) is 0. The van der Waals surface area contributed by atoms with E-state index in [1.54, 1.807) is 42.5 Å². The Hall–Kier alpha value is -2.11. The van der Waals surface area contributed by atoms with Crippen LogP contribution in [0.1, 0.15) is 5.56 Å². The molecule has 0 saturated carbocycles. The number of hydrogen-bond acceptors (Lipinski definition) is 3. The molecule has 2 aromatic carbocycles. The summed E-state index contributed by atoms with van der Waals surface area (Å²) in [4.78, 5) is 25.7. The number of nitrogens with zero attached hydrogens (tertiary/aromatic N) is 1. The van der Waals surface area contributed by atoms with Gasteiger partial charge in [0.25, 0.3) is 11.1 Å². The molecule has 0 bridgehead atoms. The Labute approximate surface area is 135 Å². The van der Waals surface area contributed by atoms with Crippen LogP contribution < -0.4 is 4.90 Å². The highest BCUT2D eigenvalue weighted by Crippen LogP contribution is 2.36. The Morgan fingerprint density at radius 3 is 2.41 bits per heavy atom. The lowest BCUT2D eigenvalue weighted by Gasteiger charge is -2.12. The Kier molecular flexibility index (Phi) is 4.00. The Balaban J connectivity index is 1.95. The maximum absolute atomic E-state index is 13.7. The van der Waals surface area contributed by atoms with Gasteiger partial charge in [-0.1, -0.05) is 29.8 Å². The summed E-state index contributed by atoms with van der Waals surface area (Å²) in [5.74, 6) is -0.915. The van der Waals surface area contributed by atoms with E-state index in [1.165, 1.54) is 12.1 Å². The van der Waals surface area contributed by atoms with Gasteiger partial charge >= 0.3 is 0 Å². The zero-order valence-electron chi connectivity index (χ0n) is 11.1. The molecule has 1 heterocycles. The van der Waals surface area contributed by atoms with Crippen LogP contribution in [0.2, 0.25) is 5.02 Å². The molecule has 3 nitrogen and oxygen atoms in total. The molecule has 0 aromatic heterocycles. The van der Waals surface area contributed by atoms with Gasteiger partial charge in [0.1, 0.15) is 5.82 Å². The summed E-state index contributed by atoms with van der Waals surface area (Å²) < 4.78 is 13.7. The second kappa shape index (κ2) is 5.94. The molecule has 1 fully saturated rings. The third kappa shape index (κ3) is 2.77. The number of halogens is 2. The minimum Gasteiger partial charge on any atom is -0.268 e. The number of imide groups is 1. The van der Waals surface area contributed by atoms with Gasteiger partial charge in [-0.15, -0.1) is 0 Å². The standard InChI is InChI=1S/C16H9ClFNO2S/c17-11-5-7-12(8-6-11)19-15(20)14(22-16(19)21)9-10-3-1-2-4-13(10)18/h1-9H/b14-9-. The number of carbonyl (C=O) groups is 2. The van der Waals surface area contributed by atoms with Crippen molar-refractivity contribution in [3.63, 3.8) is 0 Å². The van der Waals surface area contributed by atoms with E-state index in [2.05, 4.69) is 0 Å². The molecule has 0 radical (unpaired) electrons. The molecule has 0 spiro atoms. The molecule has 0 unspecified atom stereocenters. The van der Waals surface area contributed by atoms with E-state index in [4.69, 9.17) is 11.6 Å². The van der Waals surface area contributed by atoms with E-state index >= 15 is 0 Å². The second-order valence-electron chi connectivity index (χ2n) is 4.52. The molecule has 0 atom stereocenters. The summed E-state index contributed by atoms with van der Waals surface area (Å²) in [7, 11) is 0. The summed E-state index contributed by atoms with van der Waals surface area (Å²) in [5, 5.41) is 0.0903. The van der Waals surface area contributed by atoms with E-state index < -0.39 is 17.0 Å². The molecular formula is C16H9ClFNO2S. The van der Waals surface area contributed by atoms with Crippen molar-refractivity contribution in [1.29, 1.82) is 0 Å². The Bertz CT molecular complexity index is 789. The zero-order chi connectivity index (χ0) is 15.7. The smallest absolute Gasteiger partial charge is 0.268 e. The molecule has 0 N–H and O–H groups in total. The lowest BCUT2D eigenvalue weighted by atomic mass is 10.2. The van der Waals surface area contributed by atoms with Gasteiger partial charge in [-0.05, 0) is 48.2 Å². The van der Waals surface area contributed by atoms with Crippen molar-refractivity contribution in [1.82, 2.24) is 0 Å². The zero-order valence-corrected chi connectivity index (χ0v) is 12.7. The number of rotatable bonds is 2. The van der Waals surface area contributed by atoms with E-state index in [9.17, 15) is 14.0 Å². The first-order valence-corrected chi connectivity index (χ1v) is 7.54. The number of carbonyl (C=O) groups excluding carboxylic acids is 2. The number of benzene rings is 2. The first kappa shape index (κ1) is 14.8. The maximum Gasteiger partial charge on any atom is 0.298 e. The van der Waals surface area contributed by atoms with Crippen LogP contribution in [0.4, 0.5) is 14.9 Å². The van der Waals surface area contributed by atoms with Gasteiger partial charge in [-0.2, -0.15) is 0 Å². The minimum absolute atomic E-state index is 0.185. The van der Waals surface area contributed by atoms with Crippen molar-refractivity contribution in [2.75, 3.05) is 4.90 Å². The number of thioether (sulfide) groups is 1. The maximum atomic E-state index is 13.7. The summed E-state index contributed by atoms with van der Waals surface area (Å²) in [5.41, 5.74) is 0.702. The molecule has 1 aliphatic rings. The van der Waals surface area contributed by atoms with E-state index in [0.717, 1.165) is 16.7 Å². The van der Waals surface area contributed by atoms with Gasteiger partial charge in [0.2, 0.25) is 0 Å². The molecule has 0 aliphatic carbocycles. The highest BCUT2D eigenvalue weighted by atomic mass is 35.5. The van der Waals surface area contributed by atoms with Crippen LogP contribution >= 0.6 is 23.4 Å². The van der Waals surface area contributed by atoms with Crippen LogP contribution in [-0.4, -0.2) is 11.1 Å². The Morgan fingerprint density at radius 1 is 1.05 bits per heavy atom. The van der Waals surface area contributed by atoms with Crippen LogP contribution in [-0.2, 0) is 4.79 Å². The third-order valence-corrected chi connectivity index (χ3v) is 4.19. The monoisotopic (exact) mass is 333 g/mol. The second-order valence-corrected chi connectivity index (χ2v) is 5.94. The summed E-state index contributed by atoms with van der Waals surface area (Å²) in [6.45, 7) is 0. The van der Waals surface area contributed by atoms with Crippen molar-refractivity contribution in [2.24, 2.45) is 0 Å². The summed E-state index contributed by atoms with van der Waals surface area (Å²) in [6, 6.07) is 12.4. The first-order chi connectivity index (χ1) is 10.6. The van der Waals surface area contributed by atoms with Crippen molar-refractivity contribution in [3.8, 4) is 0 Å². The number of amides is 2. The van der Waals surface area contributed by atoms with Crippen molar-refractivity contribution in [2.45, 2.75) is 0 Å². The van der Waals surface area contributed by atoms with Gasteiger partial charge in [-0.25, -0.2) is 9.29 Å². The summed E-state index contributed by atoms with van der Waals surface area (Å²) >= 11 is 6.58. The van der Waals surface area contributed by atoms with Gasteiger partial charge in [0, 0.05) is 10.6 Å². The average molecular weight is 334 g/mol. The van der Waals surface area contributed by atoms with Gasteiger partial charge in [0.15, 0.2) is 0 Å².